The molecule has 0 saturated heterocycles. The van der Waals surface area contributed by atoms with Gasteiger partial charge in [0.25, 0.3) is 0 Å². The van der Waals surface area contributed by atoms with Crippen molar-refractivity contribution in [3.63, 3.8) is 0 Å². The molecule has 0 aromatic heterocycles. The molecule has 0 saturated carbocycles. The third-order valence-electron chi connectivity index (χ3n) is 3.86. The molecule has 0 aliphatic heterocycles. The lowest BCUT2D eigenvalue weighted by Crippen LogP contribution is -2.37. The first-order chi connectivity index (χ1) is 11.9. The van der Waals surface area contributed by atoms with Crippen LogP contribution < -0.4 is 10.2 Å². The van der Waals surface area contributed by atoms with Crippen molar-refractivity contribution >= 4 is 23.2 Å². The van der Waals surface area contributed by atoms with E-state index in [-0.39, 0.29) is 18.4 Å². The molecule has 5 nitrogen and oxygen atoms in total. The van der Waals surface area contributed by atoms with Crippen molar-refractivity contribution in [2.75, 3.05) is 16.8 Å². The minimum atomic E-state index is -0.319. The lowest BCUT2D eigenvalue weighted by molar-refractivity contribution is -0.120. The Kier molecular flexibility index (Phi) is 5.91. The molecule has 0 spiro atoms. The number of anilines is 2. The van der Waals surface area contributed by atoms with Crippen molar-refractivity contribution in [3.8, 4) is 6.07 Å². The van der Waals surface area contributed by atoms with E-state index >= 15 is 0 Å². The minimum Gasteiger partial charge on any atom is -0.325 e. The van der Waals surface area contributed by atoms with Crippen LogP contribution in [-0.4, -0.2) is 18.4 Å². The molecule has 128 valence electrons. The van der Waals surface area contributed by atoms with E-state index in [0.29, 0.717) is 22.9 Å². The van der Waals surface area contributed by atoms with Gasteiger partial charge in [-0.05, 0) is 35.7 Å². The van der Waals surface area contributed by atoms with E-state index in [1.165, 1.54) is 17.4 Å². The Labute approximate surface area is 147 Å². The molecule has 0 bridgehead atoms. The Morgan fingerprint density at radius 2 is 1.76 bits per heavy atom. The molecule has 0 aliphatic carbocycles. The van der Waals surface area contributed by atoms with E-state index in [2.05, 4.69) is 19.2 Å². The molecule has 0 fully saturated rings. The average molecular weight is 335 g/mol. The topological polar surface area (TPSA) is 73.2 Å². The number of carbonyl (C=O) groups excluding carboxylic acids is 2. The molecular formula is C20H21N3O2. The number of nitrogens with zero attached hydrogens (tertiary/aromatic N) is 2. The summed E-state index contributed by atoms with van der Waals surface area (Å²) in [6.45, 7) is 5.43. The van der Waals surface area contributed by atoms with Gasteiger partial charge >= 0.3 is 0 Å². The number of nitriles is 1. The van der Waals surface area contributed by atoms with Crippen molar-refractivity contribution in [3.05, 3.63) is 59.7 Å². The number of rotatable bonds is 5. The maximum Gasteiger partial charge on any atom is 0.244 e. The highest BCUT2D eigenvalue weighted by Crippen LogP contribution is 2.20. The summed E-state index contributed by atoms with van der Waals surface area (Å²) < 4.78 is 0. The smallest absolute Gasteiger partial charge is 0.244 e. The molecule has 0 radical (unpaired) electrons. The highest BCUT2D eigenvalue weighted by atomic mass is 16.2. The standard InChI is InChI=1S/C20H21N3O2/c1-14(2)16-8-10-18(11-9-16)22-20(25)13-23(15(3)24)19-7-5-4-6-17(19)12-21/h4-11,14H,13H2,1-3H3,(H,22,25). The Hall–Kier alpha value is -3.13. The summed E-state index contributed by atoms with van der Waals surface area (Å²) in [6, 6.07) is 16.4. The van der Waals surface area contributed by atoms with Crippen LogP contribution in [0.3, 0.4) is 0 Å². The largest absolute Gasteiger partial charge is 0.325 e. The van der Waals surface area contributed by atoms with Crippen LogP contribution in [0.4, 0.5) is 11.4 Å². The van der Waals surface area contributed by atoms with Gasteiger partial charge in [0.2, 0.25) is 11.8 Å². The first-order valence-corrected chi connectivity index (χ1v) is 8.09. The molecule has 0 aliphatic rings. The number of hydrogen-bond donors (Lipinski definition) is 1. The Bertz CT molecular complexity index is 804. The zero-order valence-electron chi connectivity index (χ0n) is 14.6. The molecule has 2 amide bonds. The van der Waals surface area contributed by atoms with Crippen LogP contribution in [0.15, 0.2) is 48.5 Å². The van der Waals surface area contributed by atoms with Gasteiger partial charge in [0, 0.05) is 12.6 Å². The molecule has 2 rings (SSSR count). The third-order valence-corrected chi connectivity index (χ3v) is 3.86. The quantitative estimate of drug-likeness (QED) is 0.906. The predicted molar refractivity (Wildman–Crippen MR) is 98.3 cm³/mol. The first-order valence-electron chi connectivity index (χ1n) is 8.09. The van der Waals surface area contributed by atoms with Crippen molar-refractivity contribution in [1.29, 1.82) is 5.26 Å². The molecule has 5 heteroatoms. The normalized spacial score (nSPS) is 10.2. The lowest BCUT2D eigenvalue weighted by atomic mass is 10.0. The van der Waals surface area contributed by atoms with Crippen molar-refractivity contribution in [2.24, 2.45) is 0 Å². The summed E-state index contributed by atoms with van der Waals surface area (Å²) in [5.41, 5.74) is 2.65. The van der Waals surface area contributed by atoms with Crippen LogP contribution in [0.1, 0.15) is 37.8 Å². The zero-order valence-corrected chi connectivity index (χ0v) is 14.6. The summed E-state index contributed by atoms with van der Waals surface area (Å²) >= 11 is 0. The summed E-state index contributed by atoms with van der Waals surface area (Å²) in [6.07, 6.45) is 0. The van der Waals surface area contributed by atoms with Gasteiger partial charge in [-0.15, -0.1) is 0 Å². The molecule has 2 aromatic rings. The van der Waals surface area contributed by atoms with Gasteiger partial charge in [0.1, 0.15) is 12.6 Å². The van der Waals surface area contributed by atoms with Crippen LogP contribution in [-0.2, 0) is 9.59 Å². The predicted octanol–water partition coefficient (Wildman–Crippen LogP) is 3.67. The first kappa shape index (κ1) is 18.2. The number of carbonyl (C=O) groups is 2. The van der Waals surface area contributed by atoms with E-state index < -0.39 is 0 Å². The Morgan fingerprint density at radius 1 is 1.12 bits per heavy atom. The number of para-hydroxylation sites is 1. The number of benzene rings is 2. The maximum atomic E-state index is 12.3. The van der Waals surface area contributed by atoms with E-state index in [0.717, 1.165) is 0 Å². The molecule has 0 heterocycles. The van der Waals surface area contributed by atoms with Crippen molar-refractivity contribution < 1.29 is 9.59 Å². The SMILES string of the molecule is CC(=O)N(CC(=O)Nc1ccc(C(C)C)cc1)c1ccccc1C#N. The fourth-order valence-electron chi connectivity index (χ4n) is 2.47. The third kappa shape index (κ3) is 4.67. The van der Waals surface area contributed by atoms with Gasteiger partial charge in [0.05, 0.1) is 11.3 Å². The highest BCUT2D eigenvalue weighted by molar-refractivity contribution is 6.02. The summed E-state index contributed by atoms with van der Waals surface area (Å²) in [4.78, 5) is 25.6. The summed E-state index contributed by atoms with van der Waals surface area (Å²) in [5, 5.41) is 12.0. The second kappa shape index (κ2) is 8.11. The molecule has 2 aromatic carbocycles. The lowest BCUT2D eigenvalue weighted by Gasteiger charge is -2.21. The van der Waals surface area contributed by atoms with Gasteiger partial charge in [0.15, 0.2) is 0 Å². The van der Waals surface area contributed by atoms with Gasteiger partial charge in [-0.1, -0.05) is 38.1 Å². The summed E-state index contributed by atoms with van der Waals surface area (Å²) in [7, 11) is 0. The second-order valence-corrected chi connectivity index (χ2v) is 6.06. The fraction of sp³-hybridized carbons (Fsp3) is 0.250. The molecule has 0 unspecified atom stereocenters. The fourth-order valence-corrected chi connectivity index (χ4v) is 2.47. The zero-order chi connectivity index (χ0) is 18.4. The minimum absolute atomic E-state index is 0.153. The Balaban J connectivity index is 2.13. The van der Waals surface area contributed by atoms with E-state index in [4.69, 9.17) is 0 Å². The molecule has 0 atom stereocenters. The maximum absolute atomic E-state index is 12.3. The van der Waals surface area contributed by atoms with Crippen LogP contribution >= 0.6 is 0 Å². The van der Waals surface area contributed by atoms with Gasteiger partial charge in [-0.3, -0.25) is 9.59 Å². The second-order valence-electron chi connectivity index (χ2n) is 6.06. The Morgan fingerprint density at radius 3 is 2.32 bits per heavy atom. The number of amides is 2. The monoisotopic (exact) mass is 335 g/mol. The number of nitrogens with one attached hydrogen (secondary N) is 1. The summed E-state index contributed by atoms with van der Waals surface area (Å²) in [5.74, 6) is -0.200. The molecular weight excluding hydrogens is 314 g/mol. The van der Waals surface area contributed by atoms with E-state index in [1.54, 1.807) is 24.3 Å². The van der Waals surface area contributed by atoms with Crippen molar-refractivity contribution in [1.82, 2.24) is 0 Å². The van der Waals surface area contributed by atoms with Crippen LogP contribution in [0.25, 0.3) is 0 Å². The highest BCUT2D eigenvalue weighted by Gasteiger charge is 2.18. The van der Waals surface area contributed by atoms with Gasteiger partial charge < -0.3 is 10.2 Å². The van der Waals surface area contributed by atoms with Gasteiger partial charge in [-0.25, -0.2) is 0 Å². The van der Waals surface area contributed by atoms with Crippen LogP contribution in [0.5, 0.6) is 0 Å². The molecule has 25 heavy (non-hydrogen) atoms. The van der Waals surface area contributed by atoms with Crippen molar-refractivity contribution in [2.45, 2.75) is 26.7 Å². The van der Waals surface area contributed by atoms with Crippen LogP contribution in [0, 0.1) is 11.3 Å². The number of hydrogen-bond acceptors (Lipinski definition) is 3. The van der Waals surface area contributed by atoms with E-state index in [9.17, 15) is 14.9 Å². The van der Waals surface area contributed by atoms with Crippen LogP contribution in [0.2, 0.25) is 0 Å². The van der Waals surface area contributed by atoms with Gasteiger partial charge in [-0.2, -0.15) is 5.26 Å². The average Bonchev–Trinajstić information content (AvgIpc) is 2.60. The molecule has 1 N–H and O–H groups in total. The van der Waals surface area contributed by atoms with E-state index in [1.807, 2.05) is 30.3 Å².